The van der Waals surface area contributed by atoms with E-state index in [0.717, 1.165) is 15.2 Å². The molecule has 0 heterocycles. The molecule has 0 saturated heterocycles. The third-order valence-corrected chi connectivity index (χ3v) is 3.13. The predicted molar refractivity (Wildman–Crippen MR) is 63.3 cm³/mol. The summed E-state index contributed by atoms with van der Waals surface area (Å²) in [7, 11) is 0. The Kier molecular flexibility index (Phi) is 2.60. The number of halogens is 3. The lowest BCUT2D eigenvalue weighted by molar-refractivity contribution is 0.476. The van der Waals surface area contributed by atoms with E-state index in [4.69, 9.17) is 23.2 Å². The van der Waals surface area contributed by atoms with Crippen molar-refractivity contribution in [3.05, 3.63) is 38.8 Å². The Morgan fingerprint density at radius 2 is 1.86 bits per heavy atom. The fourth-order valence-electron chi connectivity index (χ4n) is 1.29. The van der Waals surface area contributed by atoms with Crippen LogP contribution in [0.15, 0.2) is 28.7 Å². The normalized spacial score (nSPS) is 10.8. The number of hydrogen-bond acceptors (Lipinski definition) is 1. The molecule has 0 saturated carbocycles. The van der Waals surface area contributed by atoms with Crippen molar-refractivity contribution in [1.82, 2.24) is 0 Å². The molecule has 0 atom stereocenters. The van der Waals surface area contributed by atoms with E-state index in [0.29, 0.717) is 5.02 Å². The van der Waals surface area contributed by atoms with E-state index >= 15 is 0 Å². The van der Waals surface area contributed by atoms with E-state index in [1.807, 2.05) is 18.2 Å². The number of hydrogen-bond donors (Lipinski definition) is 1. The third kappa shape index (κ3) is 1.58. The highest BCUT2D eigenvalue weighted by Gasteiger charge is 2.09. The third-order valence-electron chi connectivity index (χ3n) is 1.97. The van der Waals surface area contributed by atoms with Crippen molar-refractivity contribution < 1.29 is 5.11 Å². The van der Waals surface area contributed by atoms with Gasteiger partial charge in [0.05, 0.1) is 10.0 Å². The number of benzene rings is 2. The Labute approximate surface area is 99.4 Å². The molecule has 0 radical (unpaired) electrons. The molecule has 0 fully saturated rings. The second kappa shape index (κ2) is 3.61. The summed E-state index contributed by atoms with van der Waals surface area (Å²) in [5.74, 6) is -0.0665. The average molecular weight is 292 g/mol. The van der Waals surface area contributed by atoms with E-state index in [1.165, 1.54) is 0 Å². The second-order valence-electron chi connectivity index (χ2n) is 2.89. The van der Waals surface area contributed by atoms with Crippen molar-refractivity contribution >= 4 is 49.9 Å². The summed E-state index contributed by atoms with van der Waals surface area (Å²) < 4.78 is 0.947. The van der Waals surface area contributed by atoms with E-state index in [1.54, 1.807) is 6.07 Å². The molecule has 0 aliphatic rings. The number of phenolic OH excluding ortho intramolecular Hbond substituents is 1. The van der Waals surface area contributed by atoms with E-state index in [-0.39, 0.29) is 10.8 Å². The van der Waals surface area contributed by atoms with Crippen LogP contribution in [-0.4, -0.2) is 5.11 Å². The summed E-state index contributed by atoms with van der Waals surface area (Å²) in [5.41, 5.74) is 0. The van der Waals surface area contributed by atoms with Gasteiger partial charge in [0.1, 0.15) is 0 Å². The van der Waals surface area contributed by atoms with Gasteiger partial charge in [0, 0.05) is 9.86 Å². The van der Waals surface area contributed by atoms with Crippen LogP contribution < -0.4 is 0 Å². The molecule has 0 aliphatic carbocycles. The molecule has 2 aromatic rings. The van der Waals surface area contributed by atoms with Gasteiger partial charge in [0.25, 0.3) is 0 Å². The highest BCUT2D eigenvalue weighted by molar-refractivity contribution is 9.10. The Balaban J connectivity index is 2.91. The first kappa shape index (κ1) is 10.1. The van der Waals surface area contributed by atoms with Crippen LogP contribution in [0.25, 0.3) is 10.8 Å². The van der Waals surface area contributed by atoms with Crippen molar-refractivity contribution in [3.63, 3.8) is 0 Å². The Hall–Kier alpha value is -0.440. The SMILES string of the molecule is Oc1c(Cl)cc2cc(Br)ccc2c1Cl. The first-order valence-electron chi connectivity index (χ1n) is 3.86. The quantitative estimate of drug-likeness (QED) is 0.751. The van der Waals surface area contributed by atoms with Gasteiger partial charge < -0.3 is 5.11 Å². The van der Waals surface area contributed by atoms with Gasteiger partial charge in [0.2, 0.25) is 0 Å². The highest BCUT2D eigenvalue weighted by atomic mass is 79.9. The van der Waals surface area contributed by atoms with Crippen LogP contribution >= 0.6 is 39.1 Å². The molecule has 2 rings (SSSR count). The standard InChI is InChI=1S/C10H5BrCl2O/c11-6-1-2-7-5(3-6)4-8(12)10(14)9(7)13/h1-4,14H. The van der Waals surface area contributed by atoms with Crippen LogP contribution in [-0.2, 0) is 0 Å². The summed E-state index contributed by atoms with van der Waals surface area (Å²) in [6.45, 7) is 0. The molecule has 1 nitrogen and oxygen atoms in total. The molecule has 1 N–H and O–H groups in total. The second-order valence-corrected chi connectivity index (χ2v) is 4.59. The number of aromatic hydroxyl groups is 1. The maximum absolute atomic E-state index is 9.50. The average Bonchev–Trinajstić information content (AvgIpc) is 2.14. The predicted octanol–water partition coefficient (Wildman–Crippen LogP) is 4.61. The van der Waals surface area contributed by atoms with E-state index in [2.05, 4.69) is 15.9 Å². The van der Waals surface area contributed by atoms with Crippen molar-refractivity contribution in [2.45, 2.75) is 0 Å². The zero-order chi connectivity index (χ0) is 10.3. The Morgan fingerprint density at radius 1 is 1.14 bits per heavy atom. The largest absolute Gasteiger partial charge is 0.505 e. The smallest absolute Gasteiger partial charge is 0.153 e. The zero-order valence-corrected chi connectivity index (χ0v) is 9.99. The minimum atomic E-state index is -0.0665. The lowest BCUT2D eigenvalue weighted by Gasteiger charge is -2.05. The van der Waals surface area contributed by atoms with E-state index < -0.39 is 0 Å². The molecule has 4 heteroatoms. The number of rotatable bonds is 0. The Morgan fingerprint density at radius 3 is 2.57 bits per heavy atom. The van der Waals surface area contributed by atoms with Gasteiger partial charge in [-0.2, -0.15) is 0 Å². The molecule has 72 valence electrons. The van der Waals surface area contributed by atoms with Gasteiger partial charge in [-0.05, 0) is 23.6 Å². The zero-order valence-electron chi connectivity index (χ0n) is 6.89. The maximum atomic E-state index is 9.50. The summed E-state index contributed by atoms with van der Waals surface area (Å²) in [5, 5.41) is 11.7. The van der Waals surface area contributed by atoms with Gasteiger partial charge in [-0.15, -0.1) is 0 Å². The topological polar surface area (TPSA) is 20.2 Å². The molecule has 0 aliphatic heterocycles. The maximum Gasteiger partial charge on any atom is 0.153 e. The molecular weight excluding hydrogens is 287 g/mol. The molecular formula is C10H5BrCl2O. The number of fused-ring (bicyclic) bond motifs is 1. The van der Waals surface area contributed by atoms with Gasteiger partial charge in [-0.3, -0.25) is 0 Å². The molecule has 2 aromatic carbocycles. The van der Waals surface area contributed by atoms with E-state index in [9.17, 15) is 5.11 Å². The molecule has 0 aromatic heterocycles. The van der Waals surface area contributed by atoms with Gasteiger partial charge in [-0.25, -0.2) is 0 Å². The molecule has 0 spiro atoms. The highest BCUT2D eigenvalue weighted by Crippen LogP contribution is 2.38. The van der Waals surface area contributed by atoms with Gasteiger partial charge in [0.15, 0.2) is 5.75 Å². The summed E-state index contributed by atoms with van der Waals surface area (Å²) in [6, 6.07) is 7.27. The lowest BCUT2D eigenvalue weighted by Crippen LogP contribution is -1.78. The van der Waals surface area contributed by atoms with Crippen molar-refractivity contribution in [3.8, 4) is 5.75 Å². The van der Waals surface area contributed by atoms with Crippen LogP contribution in [0.4, 0.5) is 0 Å². The first-order chi connectivity index (χ1) is 6.59. The van der Waals surface area contributed by atoms with Crippen LogP contribution in [0.3, 0.4) is 0 Å². The van der Waals surface area contributed by atoms with Crippen molar-refractivity contribution in [2.75, 3.05) is 0 Å². The Bertz CT molecular complexity index is 511. The van der Waals surface area contributed by atoms with Crippen molar-refractivity contribution in [2.24, 2.45) is 0 Å². The van der Waals surface area contributed by atoms with Crippen molar-refractivity contribution in [1.29, 1.82) is 0 Å². The first-order valence-corrected chi connectivity index (χ1v) is 5.40. The van der Waals surface area contributed by atoms with Crippen LogP contribution in [0, 0.1) is 0 Å². The van der Waals surface area contributed by atoms with Crippen LogP contribution in [0.2, 0.25) is 10.0 Å². The summed E-state index contributed by atoms with van der Waals surface area (Å²) >= 11 is 15.1. The minimum absolute atomic E-state index is 0.0665. The molecule has 0 unspecified atom stereocenters. The monoisotopic (exact) mass is 290 g/mol. The van der Waals surface area contributed by atoms with Crippen LogP contribution in [0.5, 0.6) is 5.75 Å². The lowest BCUT2D eigenvalue weighted by atomic mass is 10.1. The van der Waals surface area contributed by atoms with Crippen LogP contribution in [0.1, 0.15) is 0 Å². The van der Waals surface area contributed by atoms with Gasteiger partial charge >= 0.3 is 0 Å². The fraction of sp³-hybridized carbons (Fsp3) is 0. The summed E-state index contributed by atoms with van der Waals surface area (Å²) in [4.78, 5) is 0. The van der Waals surface area contributed by atoms with Gasteiger partial charge in [-0.1, -0.05) is 45.2 Å². The minimum Gasteiger partial charge on any atom is -0.505 e. The number of phenols is 1. The fourth-order valence-corrected chi connectivity index (χ4v) is 2.20. The molecule has 14 heavy (non-hydrogen) atoms. The molecule has 0 bridgehead atoms. The summed E-state index contributed by atoms with van der Waals surface area (Å²) in [6.07, 6.45) is 0. The molecule has 0 amide bonds.